The maximum atomic E-state index is 13.1. The van der Waals surface area contributed by atoms with Crippen LogP contribution in [0.4, 0.5) is 0 Å². The molecule has 2 amide bonds. The molecule has 1 atom stereocenters. The van der Waals surface area contributed by atoms with E-state index in [9.17, 15) is 29.4 Å². The molecule has 1 aliphatic rings. The normalized spacial score (nSPS) is 16.1. The number of aliphatic carboxylic acids is 2. The summed E-state index contributed by atoms with van der Waals surface area (Å²) in [7, 11) is 0. The standard InChI is InChI=1S/C39H52IN7O7/c40-47-23-21-44(17-18-45(28-37(49)50)19-20-46(22-24-47)29-38(51)52)27-36(48)42-26-33-13-11-32(12-14-33)25-41-35(16-15-31-7-3-1-4-8-31)39(53)43-54-30-34-9-5-2-6-10-34/h1-14,35,41H,15-30H2,(H,42,48)(H,43,53)(H,49,50)(H,51,52)/t35-/m1/s1. The summed E-state index contributed by atoms with van der Waals surface area (Å²) < 4.78 is 2.09. The summed E-state index contributed by atoms with van der Waals surface area (Å²) in [4.78, 5) is 60.3. The van der Waals surface area contributed by atoms with Crippen molar-refractivity contribution in [3.05, 3.63) is 107 Å². The van der Waals surface area contributed by atoms with Crippen LogP contribution in [0.2, 0.25) is 0 Å². The van der Waals surface area contributed by atoms with E-state index in [-0.39, 0.29) is 38.1 Å². The smallest absolute Gasteiger partial charge is 0.317 e. The zero-order chi connectivity index (χ0) is 38.5. The predicted molar refractivity (Wildman–Crippen MR) is 213 cm³/mol. The quantitative estimate of drug-likeness (QED) is 0.0722. The minimum atomic E-state index is -0.950. The van der Waals surface area contributed by atoms with Crippen molar-refractivity contribution in [1.82, 2.24) is 33.9 Å². The van der Waals surface area contributed by atoms with E-state index in [2.05, 4.69) is 42.1 Å². The van der Waals surface area contributed by atoms with Gasteiger partial charge in [-0.3, -0.25) is 38.7 Å². The summed E-state index contributed by atoms with van der Waals surface area (Å²) in [5.74, 6) is -2.23. The molecular formula is C39H52IN7O7. The van der Waals surface area contributed by atoms with E-state index in [1.165, 1.54) is 0 Å². The Morgan fingerprint density at radius 3 is 1.65 bits per heavy atom. The molecule has 3 aromatic carbocycles. The molecule has 0 bridgehead atoms. The fourth-order valence-electron chi connectivity index (χ4n) is 5.96. The van der Waals surface area contributed by atoms with Crippen LogP contribution in [0.1, 0.15) is 28.7 Å². The fraction of sp³-hybridized carbons (Fsp3) is 0.436. The van der Waals surface area contributed by atoms with Crippen molar-refractivity contribution < 1.29 is 34.2 Å². The molecule has 0 aliphatic carbocycles. The van der Waals surface area contributed by atoms with Crippen LogP contribution in [0.25, 0.3) is 0 Å². The van der Waals surface area contributed by atoms with Crippen LogP contribution >= 0.6 is 22.9 Å². The molecule has 5 N–H and O–H groups in total. The molecule has 3 aromatic rings. The maximum Gasteiger partial charge on any atom is 0.317 e. The van der Waals surface area contributed by atoms with Gasteiger partial charge < -0.3 is 20.8 Å². The molecule has 14 nitrogen and oxygen atoms in total. The van der Waals surface area contributed by atoms with Crippen molar-refractivity contribution >= 4 is 46.6 Å². The SMILES string of the molecule is O=C(O)CN1CCN(I)CCN(CC(=O)NCc2ccc(CN[C@H](CCc3ccccc3)C(=O)NOCc3ccccc3)cc2)CCN(CC(=O)O)CC1. The van der Waals surface area contributed by atoms with Gasteiger partial charge in [0.15, 0.2) is 0 Å². The molecule has 0 aromatic heterocycles. The zero-order valence-corrected chi connectivity index (χ0v) is 32.7. The summed E-state index contributed by atoms with van der Waals surface area (Å²) in [5, 5.41) is 25.1. The number of carbonyl (C=O) groups is 4. The van der Waals surface area contributed by atoms with E-state index in [4.69, 9.17) is 4.84 Å². The lowest BCUT2D eigenvalue weighted by molar-refractivity contribution is -0.140. The van der Waals surface area contributed by atoms with Gasteiger partial charge in [0.25, 0.3) is 5.91 Å². The van der Waals surface area contributed by atoms with Gasteiger partial charge in [-0.05, 0) is 35.1 Å². The molecule has 1 aliphatic heterocycles. The van der Waals surface area contributed by atoms with Crippen molar-refractivity contribution in [3.63, 3.8) is 0 Å². The molecule has 0 spiro atoms. The second-order valence-electron chi connectivity index (χ2n) is 13.3. The molecule has 0 unspecified atom stereocenters. The fourth-order valence-corrected chi connectivity index (χ4v) is 6.39. The van der Waals surface area contributed by atoms with Crippen LogP contribution in [0, 0.1) is 0 Å². The van der Waals surface area contributed by atoms with Gasteiger partial charge in [0.1, 0.15) is 0 Å². The van der Waals surface area contributed by atoms with Gasteiger partial charge in [-0.1, -0.05) is 84.9 Å². The van der Waals surface area contributed by atoms with Crippen LogP contribution in [0.15, 0.2) is 84.9 Å². The average molecular weight is 858 g/mol. The van der Waals surface area contributed by atoms with E-state index in [1.54, 1.807) is 4.90 Å². The molecule has 0 radical (unpaired) electrons. The third-order valence-corrected chi connectivity index (χ3v) is 10.0. The van der Waals surface area contributed by atoms with E-state index >= 15 is 0 Å². The van der Waals surface area contributed by atoms with E-state index in [0.717, 1.165) is 28.7 Å². The number of carboxylic acid groups (broad SMARTS) is 2. The number of nitrogens with one attached hydrogen (secondary N) is 3. The van der Waals surface area contributed by atoms with Crippen molar-refractivity contribution in [3.8, 4) is 0 Å². The first-order chi connectivity index (χ1) is 26.1. The van der Waals surface area contributed by atoms with Gasteiger partial charge in [0.05, 0.1) is 32.3 Å². The Morgan fingerprint density at radius 2 is 1.11 bits per heavy atom. The molecule has 1 saturated heterocycles. The second kappa shape index (κ2) is 23.7. The average Bonchev–Trinajstić information content (AvgIpc) is 3.16. The maximum absolute atomic E-state index is 13.1. The minimum Gasteiger partial charge on any atom is -0.480 e. The van der Waals surface area contributed by atoms with Gasteiger partial charge in [-0.15, -0.1) is 0 Å². The largest absolute Gasteiger partial charge is 0.480 e. The van der Waals surface area contributed by atoms with Gasteiger partial charge in [-0.2, -0.15) is 0 Å². The summed E-state index contributed by atoms with van der Waals surface area (Å²) >= 11 is 2.23. The Bertz CT molecular complexity index is 1590. The van der Waals surface area contributed by atoms with Crippen LogP contribution in [0.5, 0.6) is 0 Å². The van der Waals surface area contributed by atoms with Crippen LogP contribution in [0.3, 0.4) is 0 Å². The Morgan fingerprint density at radius 1 is 0.630 bits per heavy atom. The van der Waals surface area contributed by atoms with Crippen molar-refractivity contribution in [2.45, 2.75) is 38.6 Å². The molecular weight excluding hydrogens is 805 g/mol. The third kappa shape index (κ3) is 17.0. The summed E-state index contributed by atoms with van der Waals surface area (Å²) in [6, 6.07) is 27.1. The molecule has 54 heavy (non-hydrogen) atoms. The van der Waals surface area contributed by atoms with Crippen molar-refractivity contribution in [2.24, 2.45) is 0 Å². The Labute approximate surface area is 331 Å². The highest BCUT2D eigenvalue weighted by Crippen LogP contribution is 2.10. The minimum absolute atomic E-state index is 0.0998. The highest BCUT2D eigenvalue weighted by atomic mass is 127. The zero-order valence-electron chi connectivity index (χ0n) is 30.6. The first-order valence-electron chi connectivity index (χ1n) is 18.2. The first kappa shape index (κ1) is 42.8. The Hall–Kier alpha value is -3.97. The molecule has 1 heterocycles. The molecule has 292 valence electrons. The molecule has 0 saturated carbocycles. The number of nitrogens with zero attached hydrogens (tertiary/aromatic N) is 4. The van der Waals surface area contributed by atoms with E-state index in [0.29, 0.717) is 71.9 Å². The van der Waals surface area contributed by atoms with Crippen molar-refractivity contribution in [1.29, 1.82) is 0 Å². The Kier molecular flexibility index (Phi) is 18.8. The first-order valence-corrected chi connectivity index (χ1v) is 19.2. The van der Waals surface area contributed by atoms with Crippen LogP contribution in [-0.4, -0.2) is 130 Å². The molecule has 15 heteroatoms. The van der Waals surface area contributed by atoms with E-state index in [1.807, 2.05) is 94.7 Å². The molecule has 1 fully saturated rings. The number of rotatable bonds is 18. The van der Waals surface area contributed by atoms with Gasteiger partial charge >= 0.3 is 11.9 Å². The topological polar surface area (TPSA) is 167 Å². The summed E-state index contributed by atoms with van der Waals surface area (Å²) in [5.41, 5.74) is 6.65. The van der Waals surface area contributed by atoms with Crippen LogP contribution < -0.4 is 16.1 Å². The monoisotopic (exact) mass is 857 g/mol. The number of benzene rings is 3. The van der Waals surface area contributed by atoms with Gasteiger partial charge in [0.2, 0.25) is 5.91 Å². The number of amides is 2. The highest BCUT2D eigenvalue weighted by molar-refractivity contribution is 14.1. The second-order valence-corrected chi connectivity index (χ2v) is 14.7. The highest BCUT2D eigenvalue weighted by Gasteiger charge is 2.21. The lowest BCUT2D eigenvalue weighted by atomic mass is 10.0. The number of halogens is 1. The number of aryl methyl sites for hydroxylation is 1. The van der Waals surface area contributed by atoms with E-state index < -0.39 is 18.0 Å². The van der Waals surface area contributed by atoms with Crippen LogP contribution in [-0.2, 0) is 50.1 Å². The number of hydroxylamine groups is 1. The lowest BCUT2D eigenvalue weighted by Crippen LogP contribution is -2.48. The molecule has 4 rings (SSSR count). The summed E-state index contributed by atoms with van der Waals surface area (Å²) in [6.07, 6.45) is 1.31. The number of hydrogen-bond acceptors (Lipinski definition) is 10. The van der Waals surface area contributed by atoms with Crippen molar-refractivity contribution in [2.75, 3.05) is 72.0 Å². The third-order valence-electron chi connectivity index (χ3n) is 9.07. The lowest BCUT2D eigenvalue weighted by Gasteiger charge is -2.31. The predicted octanol–water partition coefficient (Wildman–Crippen LogP) is 2.38. The number of carbonyl (C=O) groups excluding carboxylic acids is 2. The van der Waals surface area contributed by atoms with Gasteiger partial charge in [0, 0.05) is 88.3 Å². The summed E-state index contributed by atoms with van der Waals surface area (Å²) in [6.45, 7) is 5.23. The number of carboxylic acids is 2. The van der Waals surface area contributed by atoms with Gasteiger partial charge in [-0.25, -0.2) is 8.59 Å². The number of hydrogen-bond donors (Lipinski definition) is 5. The Balaban J connectivity index is 1.26.